The average molecular weight is 417 g/mol. The SMILES string of the molecule is CCC(C)(C)NC(=O)c1ccc(CNS(=O)(=O)c2ccc(C(C)(C)C)cc2)cc1. The van der Waals surface area contributed by atoms with E-state index in [0.717, 1.165) is 17.5 Å². The third-order valence-corrected chi connectivity index (χ3v) is 6.47. The summed E-state index contributed by atoms with van der Waals surface area (Å²) >= 11 is 0. The van der Waals surface area contributed by atoms with E-state index in [1.54, 1.807) is 36.4 Å². The van der Waals surface area contributed by atoms with Gasteiger partial charge in [-0.15, -0.1) is 0 Å². The number of carbonyl (C=O) groups is 1. The quantitative estimate of drug-likeness (QED) is 0.703. The largest absolute Gasteiger partial charge is 0.347 e. The number of hydrogen-bond donors (Lipinski definition) is 2. The lowest BCUT2D eigenvalue weighted by Crippen LogP contribution is -2.42. The van der Waals surface area contributed by atoms with Crippen molar-refractivity contribution in [2.75, 3.05) is 0 Å². The molecule has 2 rings (SSSR count). The number of benzene rings is 2. The van der Waals surface area contributed by atoms with Crippen LogP contribution < -0.4 is 10.0 Å². The summed E-state index contributed by atoms with van der Waals surface area (Å²) in [6.07, 6.45) is 0.829. The second-order valence-corrected chi connectivity index (χ2v) is 10.8. The maximum Gasteiger partial charge on any atom is 0.251 e. The van der Waals surface area contributed by atoms with Gasteiger partial charge in [-0.2, -0.15) is 0 Å². The molecule has 0 saturated carbocycles. The van der Waals surface area contributed by atoms with Crippen LogP contribution in [0.25, 0.3) is 0 Å². The monoisotopic (exact) mass is 416 g/mol. The lowest BCUT2D eigenvalue weighted by Gasteiger charge is -2.24. The Morgan fingerprint density at radius 1 is 0.897 bits per heavy atom. The van der Waals surface area contributed by atoms with Crippen LogP contribution in [0.1, 0.15) is 69.4 Å². The summed E-state index contributed by atoms with van der Waals surface area (Å²) in [6, 6.07) is 13.9. The second kappa shape index (κ2) is 8.67. The van der Waals surface area contributed by atoms with Gasteiger partial charge in [0.25, 0.3) is 5.91 Å². The minimum atomic E-state index is -3.60. The molecule has 0 aromatic heterocycles. The molecule has 0 aliphatic carbocycles. The highest BCUT2D eigenvalue weighted by Gasteiger charge is 2.19. The Kier molecular flexibility index (Phi) is 6.91. The summed E-state index contributed by atoms with van der Waals surface area (Å²) in [4.78, 5) is 12.5. The van der Waals surface area contributed by atoms with E-state index in [9.17, 15) is 13.2 Å². The molecule has 29 heavy (non-hydrogen) atoms. The van der Waals surface area contributed by atoms with Crippen LogP contribution in [0.3, 0.4) is 0 Å². The topological polar surface area (TPSA) is 75.3 Å². The summed E-state index contributed by atoms with van der Waals surface area (Å²) in [5, 5.41) is 2.98. The summed E-state index contributed by atoms with van der Waals surface area (Å²) < 4.78 is 27.7. The molecule has 0 fully saturated rings. The number of hydrogen-bond acceptors (Lipinski definition) is 3. The fraction of sp³-hybridized carbons (Fsp3) is 0.435. The number of amides is 1. The molecule has 2 aromatic carbocycles. The zero-order valence-corrected chi connectivity index (χ0v) is 19.0. The first-order valence-electron chi connectivity index (χ1n) is 9.86. The predicted molar refractivity (Wildman–Crippen MR) is 117 cm³/mol. The molecule has 158 valence electrons. The van der Waals surface area contributed by atoms with Gasteiger partial charge in [-0.1, -0.05) is 52.0 Å². The van der Waals surface area contributed by atoms with Crippen molar-refractivity contribution < 1.29 is 13.2 Å². The molecule has 6 heteroatoms. The standard InChI is InChI=1S/C23H32N2O3S/c1-7-23(5,6)25-21(26)18-10-8-17(9-11-18)16-24-29(27,28)20-14-12-19(13-15-20)22(2,3)4/h8-15,24H,7,16H2,1-6H3,(H,25,26). The van der Waals surface area contributed by atoms with Gasteiger partial charge in [0.15, 0.2) is 0 Å². The van der Waals surface area contributed by atoms with E-state index < -0.39 is 10.0 Å². The van der Waals surface area contributed by atoms with Crippen LogP contribution in [0, 0.1) is 0 Å². The molecule has 1 amide bonds. The fourth-order valence-electron chi connectivity index (χ4n) is 2.64. The lowest BCUT2D eigenvalue weighted by molar-refractivity contribution is 0.0911. The predicted octanol–water partition coefficient (Wildman–Crippen LogP) is 4.38. The van der Waals surface area contributed by atoms with Gasteiger partial charge in [0, 0.05) is 17.6 Å². The maximum absolute atomic E-state index is 12.6. The molecule has 0 saturated heterocycles. The minimum absolute atomic E-state index is 0.0316. The summed E-state index contributed by atoms with van der Waals surface area (Å²) in [5.41, 5.74) is 2.11. The molecule has 0 aliphatic rings. The highest BCUT2D eigenvalue weighted by molar-refractivity contribution is 7.89. The summed E-state index contributed by atoms with van der Waals surface area (Å²) in [7, 11) is -3.60. The van der Waals surface area contributed by atoms with E-state index in [1.807, 2.05) is 32.9 Å². The zero-order chi connectivity index (χ0) is 21.9. The number of rotatable bonds is 7. The van der Waals surface area contributed by atoms with Crippen LogP contribution in [-0.2, 0) is 22.0 Å². The Bertz CT molecular complexity index is 939. The van der Waals surface area contributed by atoms with Gasteiger partial charge < -0.3 is 5.32 Å². The molecule has 0 spiro atoms. The van der Waals surface area contributed by atoms with Gasteiger partial charge in [0.2, 0.25) is 10.0 Å². The molecule has 0 heterocycles. The van der Waals surface area contributed by atoms with Gasteiger partial charge in [-0.05, 0) is 61.1 Å². The van der Waals surface area contributed by atoms with Gasteiger partial charge in [-0.25, -0.2) is 13.1 Å². The smallest absolute Gasteiger partial charge is 0.251 e. The normalized spacial score (nSPS) is 12.6. The van der Waals surface area contributed by atoms with E-state index in [0.29, 0.717) is 5.56 Å². The van der Waals surface area contributed by atoms with Gasteiger partial charge in [-0.3, -0.25) is 4.79 Å². The van der Waals surface area contributed by atoms with Crippen molar-refractivity contribution in [2.45, 2.75) is 70.4 Å². The Morgan fingerprint density at radius 3 is 1.93 bits per heavy atom. The summed E-state index contributed by atoms with van der Waals surface area (Å²) in [6.45, 7) is 12.4. The Labute approximate surface area is 175 Å². The first-order chi connectivity index (χ1) is 13.3. The van der Waals surface area contributed by atoms with E-state index in [2.05, 4.69) is 30.8 Å². The Morgan fingerprint density at radius 2 is 1.45 bits per heavy atom. The van der Waals surface area contributed by atoms with Gasteiger partial charge in [0.1, 0.15) is 0 Å². The third-order valence-electron chi connectivity index (χ3n) is 5.05. The Hall–Kier alpha value is -2.18. The van der Waals surface area contributed by atoms with Crippen LogP contribution in [-0.4, -0.2) is 19.9 Å². The molecule has 2 N–H and O–H groups in total. The molecule has 0 aliphatic heterocycles. The second-order valence-electron chi connectivity index (χ2n) is 8.99. The van der Waals surface area contributed by atoms with Crippen molar-refractivity contribution in [3.8, 4) is 0 Å². The molecule has 0 atom stereocenters. The summed E-state index contributed by atoms with van der Waals surface area (Å²) in [5.74, 6) is -0.136. The minimum Gasteiger partial charge on any atom is -0.347 e. The molecular formula is C23H32N2O3S. The lowest BCUT2D eigenvalue weighted by atomic mass is 9.87. The average Bonchev–Trinajstić information content (AvgIpc) is 2.66. The van der Waals surface area contributed by atoms with Crippen molar-refractivity contribution in [1.29, 1.82) is 0 Å². The van der Waals surface area contributed by atoms with E-state index in [1.165, 1.54) is 0 Å². The zero-order valence-electron chi connectivity index (χ0n) is 18.2. The van der Waals surface area contributed by atoms with Crippen LogP contribution in [0.5, 0.6) is 0 Å². The molecule has 2 aromatic rings. The molecule has 0 unspecified atom stereocenters. The Balaban J connectivity index is 2.03. The van der Waals surface area contributed by atoms with Crippen molar-refractivity contribution in [2.24, 2.45) is 0 Å². The molecule has 5 nitrogen and oxygen atoms in total. The first-order valence-corrected chi connectivity index (χ1v) is 11.3. The third kappa shape index (κ3) is 6.41. The molecule has 0 bridgehead atoms. The van der Waals surface area contributed by atoms with Crippen molar-refractivity contribution in [3.63, 3.8) is 0 Å². The number of carbonyl (C=O) groups excluding carboxylic acids is 1. The number of sulfonamides is 1. The maximum atomic E-state index is 12.6. The molecular weight excluding hydrogens is 384 g/mol. The van der Waals surface area contributed by atoms with Crippen LogP contribution >= 0.6 is 0 Å². The molecule has 0 radical (unpaired) electrons. The fourth-order valence-corrected chi connectivity index (χ4v) is 3.66. The first kappa shape index (κ1) is 23.1. The van der Waals surface area contributed by atoms with Crippen LogP contribution in [0.15, 0.2) is 53.4 Å². The van der Waals surface area contributed by atoms with Crippen LogP contribution in [0.2, 0.25) is 0 Å². The number of nitrogens with one attached hydrogen (secondary N) is 2. The highest BCUT2D eigenvalue weighted by atomic mass is 32.2. The van der Waals surface area contributed by atoms with Gasteiger partial charge >= 0.3 is 0 Å². The van der Waals surface area contributed by atoms with E-state index in [-0.39, 0.29) is 28.3 Å². The highest BCUT2D eigenvalue weighted by Crippen LogP contribution is 2.23. The van der Waals surface area contributed by atoms with Gasteiger partial charge in [0.05, 0.1) is 4.90 Å². The van der Waals surface area contributed by atoms with Crippen molar-refractivity contribution in [1.82, 2.24) is 10.0 Å². The van der Waals surface area contributed by atoms with E-state index in [4.69, 9.17) is 0 Å². The van der Waals surface area contributed by atoms with Crippen molar-refractivity contribution in [3.05, 3.63) is 65.2 Å². The van der Waals surface area contributed by atoms with E-state index >= 15 is 0 Å². The van der Waals surface area contributed by atoms with Crippen LogP contribution in [0.4, 0.5) is 0 Å². The van der Waals surface area contributed by atoms with Crippen molar-refractivity contribution >= 4 is 15.9 Å².